The second-order valence-electron chi connectivity index (χ2n) is 6.80. The number of methoxy groups -OCH3 is 2. The standard InChI is InChI=1S/C20H26N2O3/c1-20(2,3)14-6-8-15(9-7-14)22-19(23)13-21-16-10-11-17(24-4)18(12-16)25-5/h6-12,21H,13H2,1-5H3,(H,22,23). The molecule has 2 rings (SSSR count). The Labute approximate surface area is 149 Å². The van der Waals surface area contributed by atoms with Gasteiger partial charge in [0.25, 0.3) is 0 Å². The average Bonchev–Trinajstić information content (AvgIpc) is 2.59. The van der Waals surface area contributed by atoms with Gasteiger partial charge in [0.1, 0.15) is 0 Å². The SMILES string of the molecule is COc1ccc(NCC(=O)Nc2ccc(C(C)(C)C)cc2)cc1OC. The first kappa shape index (κ1) is 18.6. The molecule has 0 spiro atoms. The van der Waals surface area contributed by atoms with Crippen molar-refractivity contribution in [1.82, 2.24) is 0 Å². The van der Waals surface area contributed by atoms with Crippen molar-refractivity contribution in [2.75, 3.05) is 31.4 Å². The van der Waals surface area contributed by atoms with Crippen molar-refractivity contribution in [1.29, 1.82) is 0 Å². The third-order valence-electron chi connectivity index (χ3n) is 3.87. The summed E-state index contributed by atoms with van der Waals surface area (Å²) in [5.74, 6) is 1.15. The lowest BCUT2D eigenvalue weighted by Gasteiger charge is -2.19. The van der Waals surface area contributed by atoms with Crippen molar-refractivity contribution < 1.29 is 14.3 Å². The lowest BCUT2D eigenvalue weighted by Crippen LogP contribution is -2.21. The number of ether oxygens (including phenoxy) is 2. The Bertz CT molecular complexity index is 719. The van der Waals surface area contributed by atoms with Gasteiger partial charge in [-0.05, 0) is 35.2 Å². The number of nitrogens with one attached hydrogen (secondary N) is 2. The molecular weight excluding hydrogens is 316 g/mol. The lowest BCUT2D eigenvalue weighted by atomic mass is 9.87. The molecule has 0 radical (unpaired) electrons. The molecule has 0 aliphatic rings. The minimum atomic E-state index is -0.113. The fraction of sp³-hybridized carbons (Fsp3) is 0.350. The number of carbonyl (C=O) groups is 1. The predicted octanol–water partition coefficient (Wildman–Crippen LogP) is 4.05. The highest BCUT2D eigenvalue weighted by molar-refractivity contribution is 5.93. The zero-order chi connectivity index (χ0) is 18.4. The van der Waals surface area contributed by atoms with Gasteiger partial charge in [-0.25, -0.2) is 0 Å². The van der Waals surface area contributed by atoms with E-state index in [0.29, 0.717) is 11.5 Å². The first-order valence-corrected chi connectivity index (χ1v) is 8.20. The normalized spacial score (nSPS) is 10.9. The van der Waals surface area contributed by atoms with Gasteiger partial charge in [0, 0.05) is 17.4 Å². The Hall–Kier alpha value is -2.69. The highest BCUT2D eigenvalue weighted by atomic mass is 16.5. The van der Waals surface area contributed by atoms with Gasteiger partial charge in [0.2, 0.25) is 5.91 Å². The van der Waals surface area contributed by atoms with E-state index in [1.807, 2.05) is 30.3 Å². The Morgan fingerprint density at radius 3 is 2.08 bits per heavy atom. The molecule has 0 aliphatic heterocycles. The largest absolute Gasteiger partial charge is 0.493 e. The van der Waals surface area contributed by atoms with Gasteiger partial charge < -0.3 is 20.1 Å². The van der Waals surface area contributed by atoms with Crippen molar-refractivity contribution in [3.05, 3.63) is 48.0 Å². The smallest absolute Gasteiger partial charge is 0.243 e. The topological polar surface area (TPSA) is 59.6 Å². The van der Waals surface area contributed by atoms with E-state index in [1.54, 1.807) is 26.4 Å². The van der Waals surface area contributed by atoms with E-state index in [-0.39, 0.29) is 17.9 Å². The van der Waals surface area contributed by atoms with Gasteiger partial charge >= 0.3 is 0 Å². The fourth-order valence-electron chi connectivity index (χ4n) is 2.39. The van der Waals surface area contributed by atoms with E-state index in [4.69, 9.17) is 9.47 Å². The van der Waals surface area contributed by atoms with Crippen LogP contribution in [0.2, 0.25) is 0 Å². The molecule has 0 aliphatic carbocycles. The molecule has 2 aromatic carbocycles. The van der Waals surface area contributed by atoms with Crippen LogP contribution in [-0.4, -0.2) is 26.7 Å². The van der Waals surface area contributed by atoms with Crippen LogP contribution in [0.4, 0.5) is 11.4 Å². The number of anilines is 2. The number of carbonyl (C=O) groups excluding carboxylic acids is 1. The third-order valence-corrected chi connectivity index (χ3v) is 3.87. The summed E-state index contributed by atoms with van der Waals surface area (Å²) in [6.45, 7) is 6.64. The van der Waals surface area contributed by atoms with E-state index in [1.165, 1.54) is 5.56 Å². The van der Waals surface area contributed by atoms with Crippen LogP contribution in [0.25, 0.3) is 0 Å². The van der Waals surface area contributed by atoms with Crippen LogP contribution in [0, 0.1) is 0 Å². The van der Waals surface area contributed by atoms with E-state index >= 15 is 0 Å². The molecule has 2 N–H and O–H groups in total. The number of amides is 1. The molecule has 0 saturated heterocycles. The Morgan fingerprint density at radius 2 is 1.52 bits per heavy atom. The van der Waals surface area contributed by atoms with Gasteiger partial charge in [0.15, 0.2) is 11.5 Å². The van der Waals surface area contributed by atoms with Gasteiger partial charge in [-0.3, -0.25) is 4.79 Å². The average molecular weight is 342 g/mol. The number of hydrogen-bond acceptors (Lipinski definition) is 4. The van der Waals surface area contributed by atoms with Crippen LogP contribution in [-0.2, 0) is 10.2 Å². The Balaban J connectivity index is 1.92. The summed E-state index contributed by atoms with van der Waals surface area (Å²) in [5.41, 5.74) is 2.90. The number of benzene rings is 2. The molecule has 0 aromatic heterocycles. The van der Waals surface area contributed by atoms with Gasteiger partial charge in [-0.1, -0.05) is 32.9 Å². The summed E-state index contributed by atoms with van der Waals surface area (Å²) in [6.07, 6.45) is 0. The highest BCUT2D eigenvalue weighted by Crippen LogP contribution is 2.29. The molecule has 134 valence electrons. The molecule has 2 aromatic rings. The molecule has 0 atom stereocenters. The van der Waals surface area contributed by atoms with Gasteiger partial charge in [-0.15, -0.1) is 0 Å². The summed E-state index contributed by atoms with van der Waals surface area (Å²) in [4.78, 5) is 12.1. The molecule has 0 bridgehead atoms. The van der Waals surface area contributed by atoms with E-state index in [0.717, 1.165) is 11.4 Å². The second kappa shape index (κ2) is 7.92. The lowest BCUT2D eigenvalue weighted by molar-refractivity contribution is -0.114. The van der Waals surface area contributed by atoms with Crippen LogP contribution in [0.15, 0.2) is 42.5 Å². The molecule has 0 fully saturated rings. The van der Waals surface area contributed by atoms with E-state index in [9.17, 15) is 4.79 Å². The summed E-state index contributed by atoms with van der Waals surface area (Å²) >= 11 is 0. The molecule has 0 saturated carbocycles. The quantitative estimate of drug-likeness (QED) is 0.831. The van der Waals surface area contributed by atoms with Gasteiger partial charge in [-0.2, -0.15) is 0 Å². The first-order chi connectivity index (χ1) is 11.8. The van der Waals surface area contributed by atoms with Crippen molar-refractivity contribution in [2.24, 2.45) is 0 Å². The van der Waals surface area contributed by atoms with Gasteiger partial charge in [0.05, 0.1) is 20.8 Å². The second-order valence-corrected chi connectivity index (χ2v) is 6.80. The van der Waals surface area contributed by atoms with E-state index < -0.39 is 0 Å². The zero-order valence-corrected chi connectivity index (χ0v) is 15.5. The van der Waals surface area contributed by atoms with Crippen molar-refractivity contribution in [3.8, 4) is 11.5 Å². The zero-order valence-electron chi connectivity index (χ0n) is 15.5. The van der Waals surface area contributed by atoms with Crippen LogP contribution in [0.3, 0.4) is 0 Å². The molecule has 5 nitrogen and oxygen atoms in total. The minimum Gasteiger partial charge on any atom is -0.493 e. The molecular formula is C20H26N2O3. The molecule has 0 heterocycles. The van der Waals surface area contributed by atoms with Crippen LogP contribution >= 0.6 is 0 Å². The highest BCUT2D eigenvalue weighted by Gasteiger charge is 2.13. The Morgan fingerprint density at radius 1 is 0.920 bits per heavy atom. The first-order valence-electron chi connectivity index (χ1n) is 8.20. The summed E-state index contributed by atoms with van der Waals surface area (Å²) < 4.78 is 10.4. The number of hydrogen-bond donors (Lipinski definition) is 2. The van der Waals surface area contributed by atoms with Crippen LogP contribution in [0.1, 0.15) is 26.3 Å². The van der Waals surface area contributed by atoms with Crippen molar-refractivity contribution in [3.63, 3.8) is 0 Å². The molecule has 1 amide bonds. The third kappa shape index (κ3) is 5.14. The van der Waals surface area contributed by atoms with Crippen LogP contribution in [0.5, 0.6) is 11.5 Å². The Kier molecular flexibility index (Phi) is 5.91. The van der Waals surface area contributed by atoms with Crippen LogP contribution < -0.4 is 20.1 Å². The molecule has 25 heavy (non-hydrogen) atoms. The molecule has 0 unspecified atom stereocenters. The monoisotopic (exact) mass is 342 g/mol. The summed E-state index contributed by atoms with van der Waals surface area (Å²) in [5, 5.41) is 5.96. The summed E-state index contributed by atoms with van der Waals surface area (Å²) in [7, 11) is 3.17. The maximum Gasteiger partial charge on any atom is 0.243 e. The maximum atomic E-state index is 12.1. The fourth-order valence-corrected chi connectivity index (χ4v) is 2.39. The van der Waals surface area contributed by atoms with Crippen molar-refractivity contribution >= 4 is 17.3 Å². The number of rotatable bonds is 6. The minimum absolute atomic E-state index is 0.0948. The molecule has 5 heteroatoms. The maximum absolute atomic E-state index is 12.1. The summed E-state index contributed by atoms with van der Waals surface area (Å²) in [6, 6.07) is 13.4. The predicted molar refractivity (Wildman–Crippen MR) is 102 cm³/mol. The van der Waals surface area contributed by atoms with E-state index in [2.05, 4.69) is 31.4 Å². The van der Waals surface area contributed by atoms with Crippen molar-refractivity contribution in [2.45, 2.75) is 26.2 Å².